The summed E-state index contributed by atoms with van der Waals surface area (Å²) in [6.07, 6.45) is 0. The van der Waals surface area contributed by atoms with Crippen LogP contribution in [0.2, 0.25) is 0 Å². The molecule has 2 rings (SSSR count). The van der Waals surface area contributed by atoms with Gasteiger partial charge < -0.3 is 10.2 Å². The zero-order chi connectivity index (χ0) is 14.7. The second kappa shape index (κ2) is 6.01. The van der Waals surface area contributed by atoms with Gasteiger partial charge in [0.15, 0.2) is 0 Å². The summed E-state index contributed by atoms with van der Waals surface area (Å²) in [6, 6.07) is 11.0. The van der Waals surface area contributed by atoms with Crippen molar-refractivity contribution in [1.29, 1.82) is 0 Å². The topological polar surface area (TPSA) is 41.1 Å². The Bertz CT molecular complexity index is 576. The smallest absolute Gasteiger partial charge is 0.223 e. The molecule has 1 aromatic carbocycles. The molecular formula is C16H22N4. The number of anilines is 1. The summed E-state index contributed by atoms with van der Waals surface area (Å²) in [6.45, 7) is 4.18. The molecule has 4 heteroatoms. The SMILES string of the molecule is CNc1nc(C)cc(-c2ccc(C(C)N(C)C)cc2)n1. The summed E-state index contributed by atoms with van der Waals surface area (Å²) in [5.41, 5.74) is 4.33. The van der Waals surface area contributed by atoms with Gasteiger partial charge >= 0.3 is 0 Å². The lowest BCUT2D eigenvalue weighted by molar-refractivity contribution is 0.321. The van der Waals surface area contributed by atoms with Crippen molar-refractivity contribution in [3.63, 3.8) is 0 Å². The first-order valence-electron chi connectivity index (χ1n) is 6.81. The molecule has 0 amide bonds. The molecule has 4 nitrogen and oxygen atoms in total. The number of nitrogens with zero attached hydrogens (tertiary/aromatic N) is 3. The molecule has 106 valence electrons. The van der Waals surface area contributed by atoms with Crippen LogP contribution in [0, 0.1) is 6.92 Å². The Morgan fingerprint density at radius 1 is 1.10 bits per heavy atom. The van der Waals surface area contributed by atoms with Crippen LogP contribution in [0.3, 0.4) is 0 Å². The van der Waals surface area contributed by atoms with E-state index in [-0.39, 0.29) is 0 Å². The van der Waals surface area contributed by atoms with Crippen molar-refractivity contribution in [3.8, 4) is 11.3 Å². The maximum absolute atomic E-state index is 4.50. The highest BCUT2D eigenvalue weighted by Crippen LogP contribution is 2.23. The number of aryl methyl sites for hydroxylation is 1. The van der Waals surface area contributed by atoms with Crippen LogP contribution in [0.5, 0.6) is 0 Å². The van der Waals surface area contributed by atoms with Crippen LogP contribution < -0.4 is 5.32 Å². The third kappa shape index (κ3) is 3.14. The van der Waals surface area contributed by atoms with Gasteiger partial charge in [0.05, 0.1) is 5.69 Å². The lowest BCUT2D eigenvalue weighted by atomic mass is 10.0. The second-order valence-corrected chi connectivity index (χ2v) is 5.23. The van der Waals surface area contributed by atoms with Crippen LogP contribution in [0.25, 0.3) is 11.3 Å². The Labute approximate surface area is 120 Å². The second-order valence-electron chi connectivity index (χ2n) is 5.23. The fourth-order valence-electron chi connectivity index (χ4n) is 2.06. The van der Waals surface area contributed by atoms with Gasteiger partial charge in [-0.3, -0.25) is 0 Å². The molecule has 1 aromatic heterocycles. The summed E-state index contributed by atoms with van der Waals surface area (Å²) < 4.78 is 0. The fraction of sp³-hybridized carbons (Fsp3) is 0.375. The van der Waals surface area contributed by atoms with E-state index in [1.807, 2.05) is 20.0 Å². The van der Waals surface area contributed by atoms with Gasteiger partial charge in [-0.1, -0.05) is 24.3 Å². The summed E-state index contributed by atoms with van der Waals surface area (Å²) in [4.78, 5) is 11.0. The zero-order valence-electron chi connectivity index (χ0n) is 12.8. The maximum Gasteiger partial charge on any atom is 0.223 e. The summed E-state index contributed by atoms with van der Waals surface area (Å²) in [5.74, 6) is 0.658. The zero-order valence-corrected chi connectivity index (χ0v) is 12.8. The first kappa shape index (κ1) is 14.5. The van der Waals surface area contributed by atoms with Gasteiger partial charge in [0.2, 0.25) is 5.95 Å². The molecule has 1 unspecified atom stereocenters. The molecule has 0 aliphatic carbocycles. The Balaban J connectivity index is 2.32. The van der Waals surface area contributed by atoms with Crippen molar-refractivity contribution in [3.05, 3.63) is 41.6 Å². The molecule has 0 radical (unpaired) electrons. The van der Waals surface area contributed by atoms with Crippen LogP contribution in [0.1, 0.15) is 24.2 Å². The Kier molecular flexibility index (Phi) is 4.35. The van der Waals surface area contributed by atoms with Crippen molar-refractivity contribution in [2.45, 2.75) is 19.9 Å². The monoisotopic (exact) mass is 270 g/mol. The van der Waals surface area contributed by atoms with E-state index in [9.17, 15) is 0 Å². The molecule has 20 heavy (non-hydrogen) atoms. The molecule has 2 aromatic rings. The minimum absolute atomic E-state index is 0.407. The average molecular weight is 270 g/mol. The van der Waals surface area contributed by atoms with Crippen LogP contribution in [-0.2, 0) is 0 Å². The minimum Gasteiger partial charge on any atom is -0.357 e. The summed E-state index contributed by atoms with van der Waals surface area (Å²) in [5, 5.41) is 2.99. The Morgan fingerprint density at radius 3 is 2.30 bits per heavy atom. The minimum atomic E-state index is 0.407. The molecule has 0 saturated carbocycles. The number of benzene rings is 1. The quantitative estimate of drug-likeness (QED) is 0.926. The van der Waals surface area contributed by atoms with E-state index in [0.717, 1.165) is 17.0 Å². The summed E-state index contributed by atoms with van der Waals surface area (Å²) in [7, 11) is 6.01. The van der Waals surface area contributed by atoms with Gasteiger partial charge in [-0.05, 0) is 39.6 Å². The Hall–Kier alpha value is -1.94. The first-order valence-corrected chi connectivity index (χ1v) is 6.81. The average Bonchev–Trinajstić information content (AvgIpc) is 2.45. The van der Waals surface area contributed by atoms with E-state index < -0.39 is 0 Å². The van der Waals surface area contributed by atoms with E-state index in [1.54, 1.807) is 0 Å². The summed E-state index contributed by atoms with van der Waals surface area (Å²) >= 11 is 0. The number of hydrogen-bond acceptors (Lipinski definition) is 4. The number of rotatable bonds is 4. The van der Waals surface area contributed by atoms with Crippen molar-refractivity contribution in [1.82, 2.24) is 14.9 Å². The van der Waals surface area contributed by atoms with Gasteiger partial charge in [0.1, 0.15) is 0 Å². The number of hydrogen-bond donors (Lipinski definition) is 1. The van der Waals surface area contributed by atoms with Crippen molar-refractivity contribution in [2.75, 3.05) is 26.5 Å². The van der Waals surface area contributed by atoms with Crippen molar-refractivity contribution in [2.24, 2.45) is 0 Å². The molecule has 1 heterocycles. The lowest BCUT2D eigenvalue weighted by Gasteiger charge is -2.20. The third-order valence-corrected chi connectivity index (χ3v) is 3.54. The van der Waals surface area contributed by atoms with Gasteiger partial charge in [-0.15, -0.1) is 0 Å². The number of nitrogens with one attached hydrogen (secondary N) is 1. The van der Waals surface area contributed by atoms with Crippen LogP contribution >= 0.6 is 0 Å². The van der Waals surface area contributed by atoms with Gasteiger partial charge in [0.25, 0.3) is 0 Å². The highest BCUT2D eigenvalue weighted by atomic mass is 15.1. The normalized spacial score (nSPS) is 12.5. The molecule has 0 spiro atoms. The van der Waals surface area contributed by atoms with E-state index in [2.05, 4.69) is 65.5 Å². The first-order chi connectivity index (χ1) is 9.51. The van der Waals surface area contributed by atoms with Crippen LogP contribution in [0.4, 0.5) is 5.95 Å². The highest BCUT2D eigenvalue weighted by Gasteiger charge is 2.09. The molecule has 0 fully saturated rings. The van der Waals surface area contributed by atoms with Crippen LogP contribution in [0.15, 0.2) is 30.3 Å². The van der Waals surface area contributed by atoms with E-state index >= 15 is 0 Å². The molecule has 0 aliphatic heterocycles. The van der Waals surface area contributed by atoms with E-state index in [0.29, 0.717) is 12.0 Å². The van der Waals surface area contributed by atoms with Gasteiger partial charge in [-0.2, -0.15) is 0 Å². The van der Waals surface area contributed by atoms with Crippen molar-refractivity contribution < 1.29 is 0 Å². The van der Waals surface area contributed by atoms with Gasteiger partial charge in [-0.25, -0.2) is 9.97 Å². The highest BCUT2D eigenvalue weighted by molar-refractivity contribution is 5.61. The van der Waals surface area contributed by atoms with E-state index in [4.69, 9.17) is 0 Å². The lowest BCUT2D eigenvalue weighted by Crippen LogP contribution is -2.16. The molecule has 0 bridgehead atoms. The fourth-order valence-corrected chi connectivity index (χ4v) is 2.06. The molecule has 1 N–H and O–H groups in total. The predicted molar refractivity (Wildman–Crippen MR) is 83.9 cm³/mol. The largest absolute Gasteiger partial charge is 0.357 e. The molecular weight excluding hydrogens is 248 g/mol. The standard InChI is InChI=1S/C16H22N4/c1-11-10-15(19-16(17-3)18-11)14-8-6-13(7-9-14)12(2)20(4)5/h6-10,12H,1-5H3,(H,17,18,19). The maximum atomic E-state index is 4.50. The molecule has 0 saturated heterocycles. The predicted octanol–water partition coefficient (Wildman–Crippen LogP) is 3.12. The number of aromatic nitrogens is 2. The molecule has 0 aliphatic rings. The van der Waals surface area contributed by atoms with Crippen molar-refractivity contribution >= 4 is 5.95 Å². The van der Waals surface area contributed by atoms with Gasteiger partial charge in [0, 0.05) is 24.3 Å². The van der Waals surface area contributed by atoms with Crippen LogP contribution in [-0.4, -0.2) is 36.0 Å². The molecule has 1 atom stereocenters. The van der Waals surface area contributed by atoms with E-state index in [1.165, 1.54) is 5.56 Å². The third-order valence-electron chi connectivity index (χ3n) is 3.54. The Morgan fingerprint density at radius 2 is 1.75 bits per heavy atom.